The molecule has 0 aliphatic carbocycles. The van der Waals surface area contributed by atoms with E-state index in [1.807, 2.05) is 32.0 Å². The largest absolute Gasteiger partial charge is 0.489 e. The SMILES string of the molecule is CCCOCCC.CCCOc1c(OCCCc2ccccc2)c2c(c(C)c1C(C)=O)CCO2. The number of aryl methyl sites for hydroxylation is 1. The Labute approximate surface area is 205 Å². The number of carbonyl (C=O) groups is 1. The Morgan fingerprint density at radius 2 is 1.56 bits per heavy atom. The summed E-state index contributed by atoms with van der Waals surface area (Å²) < 4.78 is 23.1. The van der Waals surface area contributed by atoms with Crippen LogP contribution < -0.4 is 14.2 Å². The smallest absolute Gasteiger partial charge is 0.204 e. The maximum atomic E-state index is 12.3. The van der Waals surface area contributed by atoms with Gasteiger partial charge in [0, 0.05) is 25.2 Å². The fourth-order valence-corrected chi connectivity index (χ4v) is 3.94. The van der Waals surface area contributed by atoms with Crippen molar-refractivity contribution in [3.8, 4) is 17.2 Å². The van der Waals surface area contributed by atoms with Crippen LogP contribution in [0.15, 0.2) is 30.3 Å². The van der Waals surface area contributed by atoms with Crippen molar-refractivity contribution in [1.82, 2.24) is 0 Å². The van der Waals surface area contributed by atoms with Gasteiger partial charge < -0.3 is 18.9 Å². The molecule has 5 heteroatoms. The van der Waals surface area contributed by atoms with Crippen molar-refractivity contribution < 1.29 is 23.7 Å². The fraction of sp³-hybridized carbons (Fsp3) is 0.552. The van der Waals surface area contributed by atoms with E-state index >= 15 is 0 Å². The van der Waals surface area contributed by atoms with E-state index in [1.54, 1.807) is 6.92 Å². The second-order valence-corrected chi connectivity index (χ2v) is 8.52. The number of fused-ring (bicyclic) bond motifs is 1. The lowest BCUT2D eigenvalue weighted by atomic mass is 9.96. The van der Waals surface area contributed by atoms with Crippen LogP contribution in [0, 0.1) is 6.92 Å². The number of hydrogen-bond acceptors (Lipinski definition) is 5. The average molecular weight is 471 g/mol. The summed E-state index contributed by atoms with van der Waals surface area (Å²) in [5.41, 5.74) is 3.95. The van der Waals surface area contributed by atoms with Gasteiger partial charge in [-0.05, 0) is 57.1 Å². The van der Waals surface area contributed by atoms with Gasteiger partial charge in [0.2, 0.25) is 5.75 Å². The third kappa shape index (κ3) is 8.05. The summed E-state index contributed by atoms with van der Waals surface area (Å²) in [5, 5.41) is 0. The van der Waals surface area contributed by atoms with E-state index < -0.39 is 0 Å². The molecule has 2 aromatic rings. The molecule has 34 heavy (non-hydrogen) atoms. The highest BCUT2D eigenvalue weighted by Gasteiger charge is 2.30. The maximum Gasteiger partial charge on any atom is 0.204 e. The minimum Gasteiger partial charge on any atom is -0.489 e. The second kappa shape index (κ2) is 15.4. The topological polar surface area (TPSA) is 54.0 Å². The Bertz CT molecular complexity index is 872. The minimum absolute atomic E-state index is 0.00226. The first-order valence-corrected chi connectivity index (χ1v) is 12.7. The molecule has 0 spiro atoms. The normalized spacial score (nSPS) is 11.8. The zero-order valence-corrected chi connectivity index (χ0v) is 21.7. The van der Waals surface area contributed by atoms with Crippen molar-refractivity contribution in [2.24, 2.45) is 0 Å². The fourth-order valence-electron chi connectivity index (χ4n) is 3.94. The van der Waals surface area contributed by atoms with Crippen molar-refractivity contribution >= 4 is 5.78 Å². The summed E-state index contributed by atoms with van der Waals surface area (Å²) in [7, 11) is 0. The second-order valence-electron chi connectivity index (χ2n) is 8.52. The standard InChI is InChI=1S/C23H28O4.C6H14O/c1-4-13-25-22-20(17(3)24)16(2)19-12-15-27-21(19)23(22)26-14-8-11-18-9-6-5-7-10-18;1-3-5-7-6-4-2/h5-7,9-10H,4,8,11-15H2,1-3H3;3-6H2,1-2H3. The molecule has 1 heterocycles. The van der Waals surface area contributed by atoms with Crippen LogP contribution in [-0.4, -0.2) is 38.8 Å². The van der Waals surface area contributed by atoms with Gasteiger partial charge in [0.15, 0.2) is 17.3 Å². The van der Waals surface area contributed by atoms with Crippen molar-refractivity contribution in [3.63, 3.8) is 0 Å². The zero-order valence-electron chi connectivity index (χ0n) is 21.7. The molecule has 3 rings (SSSR count). The highest BCUT2D eigenvalue weighted by molar-refractivity contribution is 6.00. The van der Waals surface area contributed by atoms with Gasteiger partial charge in [-0.25, -0.2) is 0 Å². The lowest BCUT2D eigenvalue weighted by Crippen LogP contribution is -2.10. The van der Waals surface area contributed by atoms with E-state index in [-0.39, 0.29) is 5.78 Å². The lowest BCUT2D eigenvalue weighted by molar-refractivity contribution is 0.101. The van der Waals surface area contributed by atoms with Crippen LogP contribution in [0.4, 0.5) is 0 Å². The molecule has 0 radical (unpaired) electrons. The number of ether oxygens (including phenoxy) is 4. The highest BCUT2D eigenvalue weighted by Crippen LogP contribution is 2.48. The molecule has 0 N–H and O–H groups in total. The summed E-state index contributed by atoms with van der Waals surface area (Å²) in [5.74, 6) is 1.90. The van der Waals surface area contributed by atoms with Crippen molar-refractivity contribution in [1.29, 1.82) is 0 Å². The number of rotatable bonds is 13. The molecule has 1 aliphatic rings. The quantitative estimate of drug-likeness (QED) is 0.239. The van der Waals surface area contributed by atoms with Gasteiger partial charge in [0.1, 0.15) is 0 Å². The molecule has 0 atom stereocenters. The van der Waals surface area contributed by atoms with Crippen LogP contribution in [0.5, 0.6) is 17.2 Å². The maximum absolute atomic E-state index is 12.3. The van der Waals surface area contributed by atoms with Gasteiger partial charge >= 0.3 is 0 Å². The lowest BCUT2D eigenvalue weighted by Gasteiger charge is -2.20. The molecule has 2 aromatic carbocycles. The molecule has 0 aromatic heterocycles. The molecule has 5 nitrogen and oxygen atoms in total. The summed E-state index contributed by atoms with van der Waals surface area (Å²) in [6.07, 6.45) is 5.77. The molecule has 0 bridgehead atoms. The zero-order chi connectivity index (χ0) is 24.8. The molecular formula is C29H42O5. The molecular weight excluding hydrogens is 428 g/mol. The first-order valence-electron chi connectivity index (χ1n) is 12.7. The van der Waals surface area contributed by atoms with E-state index in [9.17, 15) is 4.79 Å². The molecule has 0 saturated carbocycles. The minimum atomic E-state index is 0.00226. The predicted octanol–water partition coefficient (Wildman–Crippen LogP) is 6.76. The molecule has 0 amide bonds. The Morgan fingerprint density at radius 1 is 0.912 bits per heavy atom. The average Bonchev–Trinajstić information content (AvgIpc) is 3.33. The highest BCUT2D eigenvalue weighted by atomic mass is 16.5. The molecule has 0 saturated heterocycles. The molecule has 0 unspecified atom stereocenters. The van der Waals surface area contributed by atoms with Gasteiger partial charge in [-0.2, -0.15) is 0 Å². The van der Waals surface area contributed by atoms with Crippen LogP contribution in [-0.2, 0) is 17.6 Å². The van der Waals surface area contributed by atoms with Gasteiger partial charge in [-0.15, -0.1) is 0 Å². The van der Waals surface area contributed by atoms with E-state index in [0.29, 0.717) is 36.9 Å². The monoisotopic (exact) mass is 470 g/mol. The Kier molecular flexibility index (Phi) is 12.5. The number of hydrogen-bond donors (Lipinski definition) is 0. The summed E-state index contributed by atoms with van der Waals surface area (Å²) in [4.78, 5) is 12.3. The third-order valence-electron chi connectivity index (χ3n) is 5.54. The van der Waals surface area contributed by atoms with E-state index in [4.69, 9.17) is 18.9 Å². The molecule has 188 valence electrons. The Morgan fingerprint density at radius 3 is 2.18 bits per heavy atom. The van der Waals surface area contributed by atoms with Crippen molar-refractivity contribution in [2.75, 3.05) is 33.0 Å². The van der Waals surface area contributed by atoms with Crippen molar-refractivity contribution in [3.05, 3.63) is 52.6 Å². The van der Waals surface area contributed by atoms with Gasteiger partial charge in [-0.3, -0.25) is 4.79 Å². The van der Waals surface area contributed by atoms with Crippen LogP contribution in [0.2, 0.25) is 0 Å². The van der Waals surface area contributed by atoms with E-state index in [1.165, 1.54) is 5.56 Å². The van der Waals surface area contributed by atoms with E-state index in [2.05, 4.69) is 26.0 Å². The first-order chi connectivity index (χ1) is 16.5. The van der Waals surface area contributed by atoms with Crippen LogP contribution >= 0.6 is 0 Å². The van der Waals surface area contributed by atoms with E-state index in [0.717, 1.165) is 68.6 Å². The Hall–Kier alpha value is -2.53. The summed E-state index contributed by atoms with van der Waals surface area (Å²) in [6, 6.07) is 10.4. The number of Topliss-reactive ketones (excluding diaryl/α,β-unsaturated/α-hetero) is 1. The van der Waals surface area contributed by atoms with Gasteiger partial charge in [0.25, 0.3) is 0 Å². The first kappa shape index (κ1) is 27.7. The third-order valence-corrected chi connectivity index (χ3v) is 5.54. The van der Waals surface area contributed by atoms with Crippen LogP contribution in [0.1, 0.15) is 80.4 Å². The van der Waals surface area contributed by atoms with Crippen LogP contribution in [0.25, 0.3) is 0 Å². The van der Waals surface area contributed by atoms with Crippen LogP contribution in [0.3, 0.4) is 0 Å². The summed E-state index contributed by atoms with van der Waals surface area (Å²) >= 11 is 0. The van der Waals surface area contributed by atoms with Crippen molar-refractivity contribution in [2.45, 2.75) is 73.1 Å². The summed E-state index contributed by atoms with van der Waals surface area (Å²) in [6.45, 7) is 13.4. The van der Waals surface area contributed by atoms with Gasteiger partial charge in [0.05, 0.1) is 25.4 Å². The predicted molar refractivity (Wildman–Crippen MR) is 138 cm³/mol. The Balaban J connectivity index is 0.000000509. The molecule has 1 aliphatic heterocycles. The molecule has 0 fully saturated rings. The number of benzene rings is 2. The van der Waals surface area contributed by atoms with Gasteiger partial charge in [-0.1, -0.05) is 51.1 Å². The number of carbonyl (C=O) groups excluding carboxylic acids is 1. The number of ketones is 1.